The number of benzene rings is 2. The molecule has 0 heterocycles. The summed E-state index contributed by atoms with van der Waals surface area (Å²) in [7, 11) is 1.57. The summed E-state index contributed by atoms with van der Waals surface area (Å²) in [6.45, 7) is 2.19. The molecule has 0 bridgehead atoms. The quantitative estimate of drug-likeness (QED) is 0.855. The van der Waals surface area contributed by atoms with Gasteiger partial charge in [0.2, 0.25) is 0 Å². The van der Waals surface area contributed by atoms with Crippen molar-refractivity contribution >= 4 is 17.7 Å². The van der Waals surface area contributed by atoms with E-state index < -0.39 is 18.3 Å². The molecule has 5 heteroatoms. The zero-order valence-electron chi connectivity index (χ0n) is 13.2. The SMILES string of the molecule is CO[C@@H](c1ccccc1Cl)[C@H](C)OC(=O)NCc1ccccc1. The van der Waals surface area contributed by atoms with Crippen LogP contribution in [0.15, 0.2) is 54.6 Å². The van der Waals surface area contributed by atoms with Crippen molar-refractivity contribution in [3.63, 3.8) is 0 Å². The first kappa shape index (κ1) is 17.3. The minimum atomic E-state index is -0.490. The van der Waals surface area contributed by atoms with E-state index in [0.29, 0.717) is 11.6 Å². The maximum absolute atomic E-state index is 11.9. The zero-order valence-corrected chi connectivity index (χ0v) is 13.9. The van der Waals surface area contributed by atoms with E-state index in [4.69, 9.17) is 21.1 Å². The third-order valence-corrected chi connectivity index (χ3v) is 3.81. The van der Waals surface area contributed by atoms with Gasteiger partial charge >= 0.3 is 6.09 Å². The second-order valence-corrected chi connectivity index (χ2v) is 5.53. The third-order valence-electron chi connectivity index (χ3n) is 3.46. The fourth-order valence-corrected chi connectivity index (χ4v) is 2.56. The summed E-state index contributed by atoms with van der Waals surface area (Å²) in [6, 6.07) is 17.0. The summed E-state index contributed by atoms with van der Waals surface area (Å²) in [5, 5.41) is 3.31. The van der Waals surface area contributed by atoms with Crippen molar-refractivity contribution in [2.75, 3.05) is 7.11 Å². The molecule has 2 rings (SSSR count). The van der Waals surface area contributed by atoms with Crippen molar-refractivity contribution in [1.29, 1.82) is 0 Å². The first-order valence-corrected chi connectivity index (χ1v) is 7.75. The molecule has 0 aromatic heterocycles. The lowest BCUT2D eigenvalue weighted by atomic mass is 10.1. The highest BCUT2D eigenvalue weighted by molar-refractivity contribution is 6.31. The molecule has 122 valence electrons. The number of rotatable bonds is 6. The van der Waals surface area contributed by atoms with Gasteiger partial charge in [-0.05, 0) is 18.6 Å². The standard InChI is InChI=1S/C18H20ClNO3/c1-13(17(22-2)15-10-6-7-11-16(15)19)23-18(21)20-12-14-8-4-3-5-9-14/h3-11,13,17H,12H2,1-2H3,(H,20,21)/t13-,17+/m0/s1. The van der Waals surface area contributed by atoms with Gasteiger partial charge in [0.1, 0.15) is 12.2 Å². The minimum absolute atomic E-state index is 0.413. The highest BCUT2D eigenvalue weighted by Crippen LogP contribution is 2.28. The molecule has 23 heavy (non-hydrogen) atoms. The molecule has 0 aliphatic carbocycles. The Balaban J connectivity index is 1.92. The van der Waals surface area contributed by atoms with Gasteiger partial charge in [-0.25, -0.2) is 4.79 Å². The Morgan fingerprint density at radius 2 is 1.78 bits per heavy atom. The van der Waals surface area contributed by atoms with Gasteiger partial charge < -0.3 is 14.8 Å². The predicted molar refractivity (Wildman–Crippen MR) is 90.4 cm³/mol. The molecule has 0 aliphatic heterocycles. The average molecular weight is 334 g/mol. The molecule has 1 N–H and O–H groups in total. The minimum Gasteiger partial charge on any atom is -0.443 e. The highest BCUT2D eigenvalue weighted by Gasteiger charge is 2.24. The number of hydrogen-bond acceptors (Lipinski definition) is 3. The van der Waals surface area contributed by atoms with Crippen LogP contribution in [0.1, 0.15) is 24.2 Å². The van der Waals surface area contributed by atoms with E-state index in [0.717, 1.165) is 11.1 Å². The van der Waals surface area contributed by atoms with Crippen LogP contribution in [0.4, 0.5) is 4.79 Å². The molecule has 2 aromatic carbocycles. The maximum Gasteiger partial charge on any atom is 0.407 e. The Hall–Kier alpha value is -2.04. The first-order chi connectivity index (χ1) is 11.1. The number of carbonyl (C=O) groups is 1. The van der Waals surface area contributed by atoms with Gasteiger partial charge in [-0.3, -0.25) is 0 Å². The zero-order chi connectivity index (χ0) is 16.7. The number of halogens is 1. The van der Waals surface area contributed by atoms with Crippen LogP contribution in [0, 0.1) is 0 Å². The molecule has 0 spiro atoms. The number of alkyl carbamates (subject to hydrolysis) is 1. The number of methoxy groups -OCH3 is 1. The van der Waals surface area contributed by atoms with Crippen molar-refractivity contribution in [3.05, 3.63) is 70.7 Å². The third kappa shape index (κ3) is 4.98. The summed E-state index contributed by atoms with van der Waals surface area (Å²) in [5.41, 5.74) is 1.80. The molecule has 0 saturated heterocycles. The van der Waals surface area contributed by atoms with Crippen LogP contribution >= 0.6 is 11.6 Å². The fraction of sp³-hybridized carbons (Fsp3) is 0.278. The second kappa shape index (κ2) is 8.56. The summed E-state index contributed by atoms with van der Waals surface area (Å²) >= 11 is 6.18. The van der Waals surface area contributed by atoms with Gasteiger partial charge in [-0.1, -0.05) is 60.1 Å². The van der Waals surface area contributed by atoms with Crippen LogP contribution in [0.25, 0.3) is 0 Å². The molecule has 4 nitrogen and oxygen atoms in total. The van der Waals surface area contributed by atoms with Gasteiger partial charge in [-0.2, -0.15) is 0 Å². The van der Waals surface area contributed by atoms with Gasteiger partial charge in [-0.15, -0.1) is 0 Å². The predicted octanol–water partition coefficient (Wildman–Crippen LogP) is 4.34. The molecule has 2 aromatic rings. The van der Waals surface area contributed by atoms with E-state index in [1.165, 1.54) is 0 Å². The number of ether oxygens (including phenoxy) is 2. The first-order valence-electron chi connectivity index (χ1n) is 7.37. The Morgan fingerprint density at radius 1 is 1.13 bits per heavy atom. The van der Waals surface area contributed by atoms with E-state index in [9.17, 15) is 4.79 Å². The number of carbonyl (C=O) groups excluding carboxylic acids is 1. The van der Waals surface area contributed by atoms with Gasteiger partial charge in [0.25, 0.3) is 0 Å². The Bertz CT molecular complexity index is 633. The van der Waals surface area contributed by atoms with E-state index in [1.54, 1.807) is 20.1 Å². The van der Waals surface area contributed by atoms with Gasteiger partial charge in [0.05, 0.1) is 0 Å². The van der Waals surface area contributed by atoms with Crippen molar-refractivity contribution < 1.29 is 14.3 Å². The van der Waals surface area contributed by atoms with Gasteiger partial charge in [0, 0.05) is 24.2 Å². The summed E-state index contributed by atoms with van der Waals surface area (Å²) in [6.07, 6.45) is -1.39. The number of hydrogen-bond donors (Lipinski definition) is 1. The van der Waals surface area contributed by atoms with Crippen molar-refractivity contribution in [2.45, 2.75) is 25.7 Å². The molecule has 2 atom stereocenters. The van der Waals surface area contributed by atoms with Gasteiger partial charge in [0.15, 0.2) is 0 Å². The highest BCUT2D eigenvalue weighted by atomic mass is 35.5. The molecule has 0 unspecified atom stereocenters. The normalized spacial score (nSPS) is 13.2. The number of nitrogens with one attached hydrogen (secondary N) is 1. The smallest absolute Gasteiger partial charge is 0.407 e. The van der Waals surface area contributed by atoms with E-state index in [-0.39, 0.29) is 0 Å². The van der Waals surface area contributed by atoms with Crippen molar-refractivity contribution in [2.24, 2.45) is 0 Å². The average Bonchev–Trinajstić information content (AvgIpc) is 2.56. The van der Waals surface area contributed by atoms with Crippen LogP contribution in [-0.2, 0) is 16.0 Å². The molecule has 1 amide bonds. The maximum atomic E-state index is 11.9. The van der Waals surface area contributed by atoms with Crippen LogP contribution in [-0.4, -0.2) is 19.3 Å². The summed E-state index contributed by atoms with van der Waals surface area (Å²) in [4.78, 5) is 11.9. The lowest BCUT2D eigenvalue weighted by molar-refractivity contribution is -0.0149. The topological polar surface area (TPSA) is 47.6 Å². The van der Waals surface area contributed by atoms with E-state index in [1.807, 2.05) is 48.5 Å². The largest absolute Gasteiger partial charge is 0.443 e. The Labute approximate surface area is 141 Å². The van der Waals surface area contributed by atoms with Crippen LogP contribution in [0.3, 0.4) is 0 Å². The molecule has 0 aliphatic rings. The van der Waals surface area contributed by atoms with Crippen LogP contribution in [0.5, 0.6) is 0 Å². The van der Waals surface area contributed by atoms with E-state index in [2.05, 4.69) is 5.32 Å². The Morgan fingerprint density at radius 3 is 2.43 bits per heavy atom. The molecular formula is C18H20ClNO3. The molecular weight excluding hydrogens is 314 g/mol. The van der Waals surface area contributed by atoms with Crippen molar-refractivity contribution in [1.82, 2.24) is 5.32 Å². The summed E-state index contributed by atoms with van der Waals surface area (Å²) in [5.74, 6) is 0. The van der Waals surface area contributed by atoms with Crippen LogP contribution in [0.2, 0.25) is 5.02 Å². The Kier molecular flexibility index (Phi) is 6.44. The number of amides is 1. The second-order valence-electron chi connectivity index (χ2n) is 5.13. The monoisotopic (exact) mass is 333 g/mol. The fourth-order valence-electron chi connectivity index (χ4n) is 2.32. The lowest BCUT2D eigenvalue weighted by Gasteiger charge is -2.24. The van der Waals surface area contributed by atoms with Crippen molar-refractivity contribution in [3.8, 4) is 0 Å². The van der Waals surface area contributed by atoms with E-state index >= 15 is 0 Å². The molecule has 0 radical (unpaired) electrons. The molecule has 0 saturated carbocycles. The van der Waals surface area contributed by atoms with Crippen LogP contribution < -0.4 is 5.32 Å². The summed E-state index contributed by atoms with van der Waals surface area (Å²) < 4.78 is 10.9. The molecule has 0 fully saturated rings. The lowest BCUT2D eigenvalue weighted by Crippen LogP contribution is -2.31.